The van der Waals surface area contributed by atoms with Gasteiger partial charge in [-0.05, 0) is 20.8 Å². The zero-order chi connectivity index (χ0) is 7.71. The summed E-state index contributed by atoms with van der Waals surface area (Å²) in [5.74, 6) is 0. The summed E-state index contributed by atoms with van der Waals surface area (Å²) < 4.78 is 0. The highest BCUT2D eigenvalue weighted by molar-refractivity contribution is 4.88. The molecule has 0 aliphatic heterocycles. The molecule has 0 aliphatic rings. The highest BCUT2D eigenvalue weighted by Gasteiger charge is 2.36. The van der Waals surface area contributed by atoms with Crippen LogP contribution in [0.3, 0.4) is 0 Å². The van der Waals surface area contributed by atoms with Gasteiger partial charge in [-0.3, -0.25) is 0 Å². The highest BCUT2D eigenvalue weighted by atomic mass is 16.4. The Labute approximate surface area is 54.9 Å². The topological polar surface area (TPSA) is 60.7 Å². The molecule has 0 fully saturated rings. The first kappa shape index (κ1) is 8.88. The van der Waals surface area contributed by atoms with Crippen molar-refractivity contribution in [3.63, 3.8) is 0 Å². The molecule has 0 aliphatic carbocycles. The van der Waals surface area contributed by atoms with E-state index in [-0.39, 0.29) is 0 Å². The molecule has 0 saturated heterocycles. The van der Waals surface area contributed by atoms with Crippen molar-refractivity contribution in [3.8, 4) is 0 Å². The monoisotopic (exact) mass is 134 g/mol. The zero-order valence-electron chi connectivity index (χ0n) is 6.05. The molecule has 0 saturated carbocycles. The summed E-state index contributed by atoms with van der Waals surface area (Å²) in [6.07, 6.45) is 0. The van der Waals surface area contributed by atoms with E-state index in [1.54, 1.807) is 0 Å². The smallest absolute Gasteiger partial charge is 0.113 e. The van der Waals surface area contributed by atoms with Crippen LogP contribution in [0.25, 0.3) is 0 Å². The Kier molecular flexibility index (Phi) is 2.22. The summed E-state index contributed by atoms with van der Waals surface area (Å²) in [6.45, 7) is 3.84. The van der Waals surface area contributed by atoms with Crippen molar-refractivity contribution in [1.82, 2.24) is 0 Å². The van der Waals surface area contributed by atoms with Gasteiger partial charge < -0.3 is 15.3 Å². The molecule has 0 heterocycles. The molecule has 0 spiro atoms. The van der Waals surface area contributed by atoms with Gasteiger partial charge in [0.1, 0.15) is 5.60 Å². The molecule has 0 amide bonds. The van der Waals surface area contributed by atoms with Gasteiger partial charge in [0.25, 0.3) is 0 Å². The quantitative estimate of drug-likeness (QED) is 0.477. The molecule has 0 aromatic heterocycles. The van der Waals surface area contributed by atoms with Gasteiger partial charge in [0.2, 0.25) is 0 Å². The number of aliphatic hydroxyl groups excluding tert-OH is 1. The summed E-state index contributed by atoms with van der Waals surface area (Å²) in [6, 6.07) is 0. The fourth-order valence-corrected chi connectivity index (χ4v) is 0.193. The lowest BCUT2D eigenvalue weighted by molar-refractivity contribution is -0.142. The van der Waals surface area contributed by atoms with Crippen LogP contribution < -0.4 is 0 Å². The van der Waals surface area contributed by atoms with Gasteiger partial charge in [0, 0.05) is 0 Å². The van der Waals surface area contributed by atoms with Crippen LogP contribution >= 0.6 is 0 Å². The Balaban J connectivity index is 4.14. The van der Waals surface area contributed by atoms with Gasteiger partial charge in [0.05, 0.1) is 12.2 Å². The predicted molar refractivity (Wildman–Crippen MR) is 34.0 cm³/mol. The van der Waals surface area contributed by atoms with E-state index >= 15 is 0 Å². The molecule has 3 nitrogen and oxygen atoms in total. The maximum absolute atomic E-state index is 9.16. The van der Waals surface area contributed by atoms with Crippen LogP contribution in [0, 0.1) is 0 Å². The van der Waals surface area contributed by atoms with Crippen LogP contribution in [0.2, 0.25) is 0 Å². The third-order valence-electron chi connectivity index (χ3n) is 1.63. The van der Waals surface area contributed by atoms with Gasteiger partial charge in [-0.25, -0.2) is 0 Å². The fourth-order valence-electron chi connectivity index (χ4n) is 0.193. The van der Waals surface area contributed by atoms with Crippen molar-refractivity contribution in [2.75, 3.05) is 6.61 Å². The molecule has 3 heteroatoms. The van der Waals surface area contributed by atoms with Gasteiger partial charge in [0.15, 0.2) is 0 Å². The maximum atomic E-state index is 9.16. The molecule has 9 heavy (non-hydrogen) atoms. The molecular weight excluding hydrogens is 120 g/mol. The second kappa shape index (κ2) is 2.25. The lowest BCUT2D eigenvalue weighted by atomic mass is 9.89. The molecule has 0 rings (SSSR count). The lowest BCUT2D eigenvalue weighted by Gasteiger charge is -2.33. The van der Waals surface area contributed by atoms with Crippen molar-refractivity contribution in [3.05, 3.63) is 0 Å². The normalized spacial score (nSPS) is 19.3. The Bertz CT molecular complexity index is 91.0. The van der Waals surface area contributed by atoms with Crippen LogP contribution in [0.15, 0.2) is 0 Å². The van der Waals surface area contributed by atoms with E-state index in [2.05, 4.69) is 0 Å². The van der Waals surface area contributed by atoms with Crippen LogP contribution in [0.4, 0.5) is 0 Å². The second-order valence-corrected chi connectivity index (χ2v) is 2.99. The van der Waals surface area contributed by atoms with Gasteiger partial charge in [-0.15, -0.1) is 0 Å². The number of hydrogen-bond donors (Lipinski definition) is 3. The maximum Gasteiger partial charge on any atom is 0.113 e. The summed E-state index contributed by atoms with van der Waals surface area (Å²) in [5, 5.41) is 26.8. The summed E-state index contributed by atoms with van der Waals surface area (Å²) in [5.41, 5.74) is -2.66. The van der Waals surface area contributed by atoms with Crippen LogP contribution in [0.1, 0.15) is 20.8 Å². The zero-order valence-corrected chi connectivity index (χ0v) is 6.05. The Morgan fingerprint density at radius 1 is 1.11 bits per heavy atom. The summed E-state index contributed by atoms with van der Waals surface area (Å²) >= 11 is 0. The molecule has 0 bridgehead atoms. The van der Waals surface area contributed by atoms with Crippen LogP contribution in [0.5, 0.6) is 0 Å². The largest absolute Gasteiger partial charge is 0.393 e. The minimum absolute atomic E-state index is 0.434. The van der Waals surface area contributed by atoms with Crippen molar-refractivity contribution in [2.24, 2.45) is 0 Å². The van der Waals surface area contributed by atoms with E-state index in [1.165, 1.54) is 20.8 Å². The first-order chi connectivity index (χ1) is 3.81. The minimum atomic E-state index is -1.41. The van der Waals surface area contributed by atoms with E-state index in [1.807, 2.05) is 0 Å². The van der Waals surface area contributed by atoms with E-state index in [4.69, 9.17) is 15.3 Å². The highest BCUT2D eigenvalue weighted by Crippen LogP contribution is 2.19. The number of hydrogen-bond acceptors (Lipinski definition) is 3. The fraction of sp³-hybridized carbons (Fsp3) is 1.00. The first-order valence-electron chi connectivity index (χ1n) is 2.87. The van der Waals surface area contributed by atoms with Gasteiger partial charge >= 0.3 is 0 Å². The van der Waals surface area contributed by atoms with Gasteiger partial charge in [-0.2, -0.15) is 0 Å². The van der Waals surface area contributed by atoms with Crippen molar-refractivity contribution in [1.29, 1.82) is 0 Å². The molecular formula is C6H14O3. The SMILES string of the molecule is CC(C)(O)[C@](C)(O)CO. The third-order valence-corrected chi connectivity index (χ3v) is 1.63. The van der Waals surface area contributed by atoms with E-state index in [0.717, 1.165) is 0 Å². The minimum Gasteiger partial charge on any atom is -0.393 e. The molecule has 1 atom stereocenters. The lowest BCUT2D eigenvalue weighted by Crippen LogP contribution is -2.50. The van der Waals surface area contributed by atoms with Crippen molar-refractivity contribution in [2.45, 2.75) is 32.0 Å². The van der Waals surface area contributed by atoms with Crippen molar-refractivity contribution >= 4 is 0 Å². The average molecular weight is 134 g/mol. The van der Waals surface area contributed by atoms with Gasteiger partial charge in [-0.1, -0.05) is 0 Å². The van der Waals surface area contributed by atoms with E-state index in [0.29, 0.717) is 0 Å². The molecule has 3 N–H and O–H groups in total. The van der Waals surface area contributed by atoms with Crippen LogP contribution in [-0.4, -0.2) is 33.1 Å². The van der Waals surface area contributed by atoms with E-state index in [9.17, 15) is 0 Å². The summed E-state index contributed by atoms with van der Waals surface area (Å²) in [7, 11) is 0. The number of rotatable bonds is 2. The molecule has 0 unspecified atom stereocenters. The number of aliphatic hydroxyl groups is 3. The van der Waals surface area contributed by atoms with Crippen LogP contribution in [-0.2, 0) is 0 Å². The predicted octanol–water partition coefficient (Wildman–Crippen LogP) is -0.499. The standard InChI is InChI=1S/C6H14O3/c1-5(2,8)6(3,9)4-7/h7-9H,4H2,1-3H3/t6-/m1/s1. The first-order valence-corrected chi connectivity index (χ1v) is 2.87. The average Bonchev–Trinajstić information content (AvgIpc) is 1.64. The second-order valence-electron chi connectivity index (χ2n) is 2.99. The summed E-state index contributed by atoms with van der Waals surface area (Å²) in [4.78, 5) is 0. The molecule has 0 aromatic rings. The Morgan fingerprint density at radius 3 is 1.44 bits per heavy atom. The third kappa shape index (κ3) is 1.93. The van der Waals surface area contributed by atoms with E-state index < -0.39 is 17.8 Å². The van der Waals surface area contributed by atoms with Crippen molar-refractivity contribution < 1.29 is 15.3 Å². The Morgan fingerprint density at radius 2 is 1.44 bits per heavy atom. The molecule has 0 aromatic carbocycles. The molecule has 56 valence electrons. The Hall–Kier alpha value is -0.120. The molecule has 0 radical (unpaired) electrons.